The second kappa shape index (κ2) is 7.49. The number of halogens is 1. The molecule has 1 aliphatic heterocycles. The molecule has 0 aromatic heterocycles. The number of carbonyl (C=O) groups is 2. The van der Waals surface area contributed by atoms with E-state index in [1.165, 1.54) is 0 Å². The normalized spacial score (nSPS) is 13.6. The molecule has 0 atom stereocenters. The summed E-state index contributed by atoms with van der Waals surface area (Å²) in [6.07, 6.45) is 3.28. The lowest BCUT2D eigenvalue weighted by molar-refractivity contribution is -0.117. The van der Waals surface area contributed by atoms with Crippen molar-refractivity contribution in [2.24, 2.45) is 0 Å². The van der Waals surface area contributed by atoms with Gasteiger partial charge >= 0.3 is 0 Å². The van der Waals surface area contributed by atoms with Gasteiger partial charge in [0.2, 0.25) is 11.8 Å². The van der Waals surface area contributed by atoms with Crippen LogP contribution in [0.4, 0.5) is 11.4 Å². The molecule has 0 unspecified atom stereocenters. The first-order valence-corrected chi connectivity index (χ1v) is 8.45. The number of fused-ring (bicyclic) bond motifs is 1. The first-order valence-electron chi connectivity index (χ1n) is 8.07. The quantitative estimate of drug-likeness (QED) is 0.875. The fourth-order valence-electron chi connectivity index (χ4n) is 2.78. The lowest BCUT2D eigenvalue weighted by Crippen LogP contribution is -2.13. The lowest BCUT2D eigenvalue weighted by Gasteiger charge is -2.10. The predicted octanol–water partition coefficient (Wildman–Crippen LogP) is 4.19. The number of benzene rings is 2. The van der Waals surface area contributed by atoms with Gasteiger partial charge in [-0.2, -0.15) is 0 Å². The summed E-state index contributed by atoms with van der Waals surface area (Å²) in [4.78, 5) is 23.7. The van der Waals surface area contributed by atoms with Crippen molar-refractivity contribution in [1.82, 2.24) is 0 Å². The van der Waals surface area contributed by atoms with E-state index in [0.29, 0.717) is 24.3 Å². The maximum atomic E-state index is 12.1. The van der Waals surface area contributed by atoms with E-state index in [9.17, 15) is 9.59 Å². The van der Waals surface area contributed by atoms with Crippen LogP contribution in [0.5, 0.6) is 0 Å². The second-order valence-electron chi connectivity index (χ2n) is 5.95. The van der Waals surface area contributed by atoms with Crippen LogP contribution < -0.4 is 10.6 Å². The maximum Gasteiger partial charge on any atom is 0.224 e. The van der Waals surface area contributed by atoms with E-state index in [1.807, 2.05) is 42.5 Å². The van der Waals surface area contributed by atoms with Crippen molar-refractivity contribution in [3.63, 3.8) is 0 Å². The molecule has 2 amide bonds. The van der Waals surface area contributed by atoms with Crippen molar-refractivity contribution < 1.29 is 9.59 Å². The van der Waals surface area contributed by atoms with E-state index in [0.717, 1.165) is 35.3 Å². The molecule has 0 saturated heterocycles. The smallest absolute Gasteiger partial charge is 0.224 e. The van der Waals surface area contributed by atoms with Gasteiger partial charge in [0.05, 0.1) is 0 Å². The van der Waals surface area contributed by atoms with Crippen molar-refractivity contribution in [2.75, 3.05) is 10.6 Å². The number of nitrogens with one attached hydrogen (secondary N) is 2. The van der Waals surface area contributed by atoms with E-state index < -0.39 is 0 Å². The highest BCUT2D eigenvalue weighted by Crippen LogP contribution is 2.25. The first kappa shape index (κ1) is 16.5. The maximum absolute atomic E-state index is 12.1. The Balaban J connectivity index is 1.59. The van der Waals surface area contributed by atoms with Crippen LogP contribution in [-0.2, 0) is 22.4 Å². The zero-order valence-corrected chi connectivity index (χ0v) is 14.0. The third-order valence-corrected chi connectivity index (χ3v) is 4.32. The van der Waals surface area contributed by atoms with Gasteiger partial charge in [-0.15, -0.1) is 0 Å². The third-order valence-electron chi connectivity index (χ3n) is 4.07. The fraction of sp³-hybridized carbons (Fsp3) is 0.263. The molecule has 0 spiro atoms. The van der Waals surface area contributed by atoms with Crippen LogP contribution in [-0.4, -0.2) is 11.8 Å². The molecule has 4 nitrogen and oxygen atoms in total. The summed E-state index contributed by atoms with van der Waals surface area (Å²) >= 11 is 5.85. The van der Waals surface area contributed by atoms with Crippen molar-refractivity contribution >= 4 is 34.8 Å². The minimum atomic E-state index is -0.0254. The van der Waals surface area contributed by atoms with Gasteiger partial charge in [-0.3, -0.25) is 9.59 Å². The molecule has 0 aliphatic carbocycles. The molecule has 2 aromatic rings. The van der Waals surface area contributed by atoms with Crippen LogP contribution in [0, 0.1) is 0 Å². The number of aryl methyl sites for hydroxylation is 2. The number of anilines is 2. The number of hydrogen-bond donors (Lipinski definition) is 2. The molecule has 0 fully saturated rings. The minimum absolute atomic E-state index is 0.0254. The van der Waals surface area contributed by atoms with Gasteiger partial charge in [-0.1, -0.05) is 23.7 Å². The SMILES string of the molecule is O=C(CCc1ccc(Cl)cc1)Nc1ccc2c(c1)CCCC(=O)N2. The van der Waals surface area contributed by atoms with Gasteiger partial charge < -0.3 is 10.6 Å². The van der Waals surface area contributed by atoms with E-state index in [-0.39, 0.29) is 11.8 Å². The molecule has 0 saturated carbocycles. The van der Waals surface area contributed by atoms with Crippen molar-refractivity contribution in [3.05, 3.63) is 58.6 Å². The second-order valence-corrected chi connectivity index (χ2v) is 6.38. The molecule has 0 bridgehead atoms. The Kier molecular flexibility index (Phi) is 5.16. The largest absolute Gasteiger partial charge is 0.326 e. The molecule has 3 rings (SSSR count). The van der Waals surface area contributed by atoms with Crippen LogP contribution in [0.2, 0.25) is 5.02 Å². The molecule has 0 radical (unpaired) electrons. The standard InChI is InChI=1S/C19H19ClN2O2/c20-15-7-4-13(5-8-15)6-11-19(24)21-16-9-10-17-14(12-16)2-1-3-18(23)22-17/h4-5,7-10,12H,1-3,6,11H2,(H,21,24)(H,22,23). The Labute approximate surface area is 146 Å². The van der Waals surface area contributed by atoms with Crippen molar-refractivity contribution in [2.45, 2.75) is 32.1 Å². The first-order chi connectivity index (χ1) is 11.6. The van der Waals surface area contributed by atoms with Crippen LogP contribution in [0.3, 0.4) is 0 Å². The molecule has 5 heteroatoms. The molecular weight excluding hydrogens is 324 g/mol. The number of hydrogen-bond acceptors (Lipinski definition) is 2. The minimum Gasteiger partial charge on any atom is -0.326 e. The summed E-state index contributed by atoms with van der Waals surface area (Å²) in [5, 5.41) is 6.51. The Bertz CT molecular complexity index is 756. The average Bonchev–Trinajstić information content (AvgIpc) is 2.74. The van der Waals surface area contributed by atoms with Gasteiger partial charge in [0.15, 0.2) is 0 Å². The van der Waals surface area contributed by atoms with Crippen LogP contribution in [0.1, 0.15) is 30.4 Å². The van der Waals surface area contributed by atoms with Gasteiger partial charge in [0.1, 0.15) is 0 Å². The Morgan fingerprint density at radius 2 is 1.92 bits per heavy atom. The van der Waals surface area contributed by atoms with E-state index in [2.05, 4.69) is 10.6 Å². The van der Waals surface area contributed by atoms with E-state index in [1.54, 1.807) is 0 Å². The average molecular weight is 343 g/mol. The molecule has 2 aromatic carbocycles. The van der Waals surface area contributed by atoms with Crippen molar-refractivity contribution in [3.8, 4) is 0 Å². The Hall–Kier alpha value is -2.33. The molecule has 1 heterocycles. The Morgan fingerprint density at radius 3 is 2.71 bits per heavy atom. The fourth-order valence-corrected chi connectivity index (χ4v) is 2.91. The summed E-state index contributed by atoms with van der Waals surface area (Å²) in [5.74, 6) is 0.0241. The summed E-state index contributed by atoms with van der Waals surface area (Å²) < 4.78 is 0. The van der Waals surface area contributed by atoms with E-state index >= 15 is 0 Å². The van der Waals surface area contributed by atoms with Gasteiger partial charge in [-0.25, -0.2) is 0 Å². The zero-order chi connectivity index (χ0) is 16.9. The highest BCUT2D eigenvalue weighted by molar-refractivity contribution is 6.30. The highest BCUT2D eigenvalue weighted by atomic mass is 35.5. The molecule has 24 heavy (non-hydrogen) atoms. The molecule has 2 N–H and O–H groups in total. The van der Waals surface area contributed by atoms with Gasteiger partial charge in [0.25, 0.3) is 0 Å². The van der Waals surface area contributed by atoms with Crippen molar-refractivity contribution in [1.29, 1.82) is 0 Å². The summed E-state index contributed by atoms with van der Waals surface area (Å²) in [7, 11) is 0. The third kappa shape index (κ3) is 4.36. The molecule has 124 valence electrons. The highest BCUT2D eigenvalue weighted by Gasteiger charge is 2.13. The van der Waals surface area contributed by atoms with Crippen LogP contribution >= 0.6 is 11.6 Å². The molecule has 1 aliphatic rings. The monoisotopic (exact) mass is 342 g/mol. The van der Waals surface area contributed by atoms with Gasteiger partial charge in [0, 0.05) is 29.2 Å². The number of amides is 2. The number of carbonyl (C=O) groups excluding carboxylic acids is 2. The summed E-state index contributed by atoms with van der Waals surface area (Å²) in [5.41, 5.74) is 3.76. The zero-order valence-electron chi connectivity index (χ0n) is 13.3. The van der Waals surface area contributed by atoms with Crippen LogP contribution in [0.25, 0.3) is 0 Å². The number of rotatable bonds is 4. The van der Waals surface area contributed by atoms with Crippen LogP contribution in [0.15, 0.2) is 42.5 Å². The summed E-state index contributed by atoms with van der Waals surface area (Å²) in [6, 6.07) is 13.1. The predicted molar refractivity (Wildman–Crippen MR) is 96.4 cm³/mol. The lowest BCUT2D eigenvalue weighted by atomic mass is 10.1. The van der Waals surface area contributed by atoms with E-state index in [4.69, 9.17) is 11.6 Å². The topological polar surface area (TPSA) is 58.2 Å². The van der Waals surface area contributed by atoms with Gasteiger partial charge in [-0.05, 0) is 60.7 Å². The molecular formula is C19H19ClN2O2. The Morgan fingerprint density at radius 1 is 1.12 bits per heavy atom. The summed E-state index contributed by atoms with van der Waals surface area (Å²) in [6.45, 7) is 0.